The van der Waals surface area contributed by atoms with Gasteiger partial charge in [0.05, 0.1) is 7.11 Å². The Hall–Kier alpha value is -3.09. The van der Waals surface area contributed by atoms with Crippen LogP contribution in [0.2, 0.25) is 0 Å². The van der Waals surface area contributed by atoms with E-state index in [0.29, 0.717) is 0 Å². The average Bonchev–Trinajstić information content (AvgIpc) is 2.53. The number of para-hydroxylation sites is 1. The molecule has 120 valence electrons. The Bertz CT molecular complexity index is 732. The molecule has 0 aliphatic heterocycles. The zero-order chi connectivity index (χ0) is 16.8. The lowest BCUT2D eigenvalue weighted by Crippen LogP contribution is -2.21. The molecule has 0 bridgehead atoms. The van der Waals surface area contributed by atoms with Crippen molar-refractivity contribution >= 4 is 17.6 Å². The third kappa shape index (κ3) is 4.19. The summed E-state index contributed by atoms with van der Waals surface area (Å²) in [5.41, 5.74) is 0.123. The second-order valence-electron chi connectivity index (χ2n) is 4.49. The maximum Gasteiger partial charge on any atom is 0.342 e. The molecule has 0 unspecified atom stereocenters. The number of esters is 1. The van der Waals surface area contributed by atoms with Gasteiger partial charge in [0.15, 0.2) is 18.1 Å². The maximum atomic E-state index is 13.0. The largest absolute Gasteiger partial charge is 0.504 e. The molecule has 7 heteroatoms. The molecule has 2 N–H and O–H groups in total. The van der Waals surface area contributed by atoms with Crippen molar-refractivity contribution in [3.63, 3.8) is 0 Å². The summed E-state index contributed by atoms with van der Waals surface area (Å²) in [6, 6.07) is 9.62. The van der Waals surface area contributed by atoms with Crippen molar-refractivity contribution < 1.29 is 28.6 Å². The number of carbonyl (C=O) groups excluding carboxylic acids is 2. The summed E-state index contributed by atoms with van der Waals surface area (Å²) in [5.74, 6) is -2.27. The summed E-state index contributed by atoms with van der Waals surface area (Å²) in [5, 5.41) is 12.2. The number of carbonyl (C=O) groups is 2. The summed E-state index contributed by atoms with van der Waals surface area (Å²) in [7, 11) is 1.34. The van der Waals surface area contributed by atoms with Crippen molar-refractivity contribution in [2.24, 2.45) is 0 Å². The van der Waals surface area contributed by atoms with Gasteiger partial charge < -0.3 is 19.9 Å². The Morgan fingerprint density at radius 1 is 1.22 bits per heavy atom. The van der Waals surface area contributed by atoms with Crippen LogP contribution in [0.1, 0.15) is 10.4 Å². The molecule has 6 nitrogen and oxygen atoms in total. The second kappa shape index (κ2) is 7.26. The third-order valence-electron chi connectivity index (χ3n) is 2.88. The minimum atomic E-state index is -0.879. The molecule has 0 fully saturated rings. The van der Waals surface area contributed by atoms with E-state index >= 15 is 0 Å². The number of ether oxygens (including phenoxy) is 2. The van der Waals surface area contributed by atoms with Gasteiger partial charge in [0, 0.05) is 5.69 Å². The topological polar surface area (TPSA) is 84.9 Å². The van der Waals surface area contributed by atoms with Crippen molar-refractivity contribution in [2.75, 3.05) is 19.0 Å². The Morgan fingerprint density at radius 3 is 2.65 bits per heavy atom. The summed E-state index contributed by atoms with van der Waals surface area (Å²) in [6.45, 7) is -0.577. The van der Waals surface area contributed by atoms with Gasteiger partial charge in [-0.15, -0.1) is 0 Å². The fourth-order valence-electron chi connectivity index (χ4n) is 1.82. The average molecular weight is 319 g/mol. The van der Waals surface area contributed by atoms with E-state index in [9.17, 15) is 19.1 Å². The molecule has 0 aromatic heterocycles. The molecule has 0 aliphatic rings. The summed E-state index contributed by atoms with van der Waals surface area (Å²) in [6.07, 6.45) is 0. The minimum Gasteiger partial charge on any atom is -0.504 e. The molecule has 0 aliphatic carbocycles. The number of benzene rings is 2. The number of nitrogens with one attached hydrogen (secondary N) is 1. The van der Waals surface area contributed by atoms with Gasteiger partial charge in [0.25, 0.3) is 5.91 Å². The van der Waals surface area contributed by atoms with Crippen molar-refractivity contribution in [1.29, 1.82) is 0 Å². The van der Waals surface area contributed by atoms with Crippen LogP contribution in [0.5, 0.6) is 11.5 Å². The van der Waals surface area contributed by atoms with Gasteiger partial charge >= 0.3 is 5.97 Å². The van der Waals surface area contributed by atoms with Crippen molar-refractivity contribution in [3.8, 4) is 11.5 Å². The van der Waals surface area contributed by atoms with E-state index < -0.39 is 24.3 Å². The Balaban J connectivity index is 1.95. The lowest BCUT2D eigenvalue weighted by molar-refractivity contribution is -0.119. The van der Waals surface area contributed by atoms with Crippen LogP contribution in [0.3, 0.4) is 0 Å². The first kappa shape index (κ1) is 16.3. The molecule has 2 aromatic rings. The predicted molar refractivity (Wildman–Crippen MR) is 80.0 cm³/mol. The van der Waals surface area contributed by atoms with Gasteiger partial charge in [0.1, 0.15) is 11.4 Å². The SMILES string of the molecule is COc1cccc(C(=O)OCC(=O)Nc2cccc(F)c2)c1O. The standard InChI is InChI=1S/C16H14FNO5/c1-22-13-7-3-6-12(15(13)20)16(21)23-9-14(19)18-11-5-2-4-10(17)8-11/h2-8,20H,9H2,1H3,(H,18,19). The number of anilines is 1. The molecule has 0 spiro atoms. The van der Waals surface area contributed by atoms with Crippen LogP contribution in [-0.2, 0) is 9.53 Å². The van der Waals surface area contributed by atoms with E-state index in [4.69, 9.17) is 9.47 Å². The summed E-state index contributed by atoms with van der Waals surface area (Å²) < 4.78 is 22.7. The highest BCUT2D eigenvalue weighted by atomic mass is 19.1. The summed E-state index contributed by atoms with van der Waals surface area (Å²) >= 11 is 0. The van der Waals surface area contributed by atoms with Gasteiger partial charge in [-0.3, -0.25) is 4.79 Å². The number of phenols is 1. The number of phenolic OH excluding ortho intramolecular Hbond substituents is 1. The van der Waals surface area contributed by atoms with Crippen molar-refractivity contribution in [1.82, 2.24) is 0 Å². The van der Waals surface area contributed by atoms with E-state index in [1.165, 1.54) is 43.5 Å². The number of hydrogen-bond donors (Lipinski definition) is 2. The molecule has 0 atom stereocenters. The van der Waals surface area contributed by atoms with Crippen LogP contribution in [0.15, 0.2) is 42.5 Å². The van der Waals surface area contributed by atoms with Gasteiger partial charge in [0.2, 0.25) is 0 Å². The number of amides is 1. The van der Waals surface area contributed by atoms with Crippen LogP contribution in [0.25, 0.3) is 0 Å². The first-order valence-electron chi connectivity index (χ1n) is 6.59. The smallest absolute Gasteiger partial charge is 0.342 e. The van der Waals surface area contributed by atoms with Crippen LogP contribution < -0.4 is 10.1 Å². The lowest BCUT2D eigenvalue weighted by atomic mass is 10.2. The van der Waals surface area contributed by atoms with Crippen molar-refractivity contribution in [2.45, 2.75) is 0 Å². The number of halogens is 1. The van der Waals surface area contributed by atoms with Crippen LogP contribution in [0.4, 0.5) is 10.1 Å². The minimum absolute atomic E-state index is 0.115. The van der Waals surface area contributed by atoms with E-state index in [1.54, 1.807) is 0 Å². The van der Waals surface area contributed by atoms with Gasteiger partial charge in [-0.25, -0.2) is 9.18 Å². The van der Waals surface area contributed by atoms with Crippen LogP contribution in [-0.4, -0.2) is 30.7 Å². The molecule has 2 aromatic carbocycles. The molecule has 2 rings (SSSR count). The molecule has 0 saturated carbocycles. The number of hydrogen-bond acceptors (Lipinski definition) is 5. The fourth-order valence-corrected chi connectivity index (χ4v) is 1.82. The Kier molecular flexibility index (Phi) is 5.14. The highest BCUT2D eigenvalue weighted by molar-refractivity contribution is 5.97. The number of aromatic hydroxyl groups is 1. The quantitative estimate of drug-likeness (QED) is 0.826. The lowest BCUT2D eigenvalue weighted by Gasteiger charge is -2.09. The first-order chi connectivity index (χ1) is 11.0. The molecule has 1 amide bonds. The van der Waals surface area contributed by atoms with Gasteiger partial charge in [-0.2, -0.15) is 0 Å². The normalized spacial score (nSPS) is 10.0. The Labute approximate surface area is 131 Å². The molecule has 0 heterocycles. The van der Waals surface area contributed by atoms with Crippen molar-refractivity contribution in [3.05, 3.63) is 53.8 Å². The van der Waals surface area contributed by atoms with E-state index in [-0.39, 0.29) is 22.7 Å². The number of methoxy groups -OCH3 is 1. The second-order valence-corrected chi connectivity index (χ2v) is 4.49. The number of rotatable bonds is 5. The van der Waals surface area contributed by atoms with Gasteiger partial charge in [-0.1, -0.05) is 12.1 Å². The highest BCUT2D eigenvalue weighted by Gasteiger charge is 2.17. The maximum absolute atomic E-state index is 13.0. The Morgan fingerprint density at radius 2 is 1.96 bits per heavy atom. The molecule has 23 heavy (non-hydrogen) atoms. The zero-order valence-electron chi connectivity index (χ0n) is 12.2. The van der Waals surface area contributed by atoms with E-state index in [1.807, 2.05) is 0 Å². The van der Waals surface area contributed by atoms with E-state index in [2.05, 4.69) is 5.32 Å². The monoisotopic (exact) mass is 319 g/mol. The molecule has 0 radical (unpaired) electrons. The van der Waals surface area contributed by atoms with E-state index in [0.717, 1.165) is 6.07 Å². The molecule has 0 saturated heterocycles. The summed E-state index contributed by atoms with van der Waals surface area (Å²) in [4.78, 5) is 23.5. The van der Waals surface area contributed by atoms with Crippen LogP contribution >= 0.6 is 0 Å². The van der Waals surface area contributed by atoms with Gasteiger partial charge in [-0.05, 0) is 30.3 Å². The van der Waals surface area contributed by atoms with Crippen LogP contribution in [0, 0.1) is 5.82 Å². The zero-order valence-corrected chi connectivity index (χ0v) is 12.2. The highest BCUT2D eigenvalue weighted by Crippen LogP contribution is 2.29. The predicted octanol–water partition coefficient (Wildman–Crippen LogP) is 2.34. The molecular weight excluding hydrogens is 305 g/mol. The third-order valence-corrected chi connectivity index (χ3v) is 2.88. The fraction of sp³-hybridized carbons (Fsp3) is 0.125. The molecular formula is C16H14FNO5. The first-order valence-corrected chi connectivity index (χ1v) is 6.59.